The maximum atomic E-state index is 12.6. The van der Waals surface area contributed by atoms with Gasteiger partial charge in [-0.25, -0.2) is 13.1 Å². The molecule has 0 atom stereocenters. The van der Waals surface area contributed by atoms with Crippen molar-refractivity contribution in [2.45, 2.75) is 37.8 Å². The summed E-state index contributed by atoms with van der Waals surface area (Å²) in [5.41, 5.74) is 0.800. The van der Waals surface area contributed by atoms with Crippen molar-refractivity contribution < 1.29 is 17.9 Å². The maximum absolute atomic E-state index is 12.6. The highest BCUT2D eigenvalue weighted by molar-refractivity contribution is 7.89. The molecule has 1 amide bonds. The monoisotopic (exact) mass is 374 g/mol. The van der Waals surface area contributed by atoms with E-state index in [1.807, 2.05) is 44.2 Å². The number of rotatable bonds is 4. The molecule has 0 aromatic heterocycles. The summed E-state index contributed by atoms with van der Waals surface area (Å²) in [7, 11) is -3.71. The zero-order valence-corrected chi connectivity index (χ0v) is 15.8. The average molecular weight is 374 g/mol. The molecular formula is C19H22N2O4S. The number of amides is 1. The molecule has 0 saturated heterocycles. The Balaban J connectivity index is 1.90. The topological polar surface area (TPSA) is 75.7 Å². The van der Waals surface area contributed by atoms with Crippen molar-refractivity contribution in [3.63, 3.8) is 0 Å². The largest absolute Gasteiger partial charge is 0.484 e. The van der Waals surface area contributed by atoms with E-state index >= 15 is 0 Å². The van der Waals surface area contributed by atoms with Crippen molar-refractivity contribution in [1.29, 1.82) is 0 Å². The van der Waals surface area contributed by atoms with E-state index in [4.69, 9.17) is 4.74 Å². The second-order valence-corrected chi connectivity index (χ2v) is 8.67. The molecule has 0 spiro atoms. The standard InChI is InChI=1S/C19H22N2O4S/c1-14(22)21-13-19(2,3)25-18-10-9-16(11-17(18)21)26(23,24)20-12-15-7-5-4-6-8-15/h4-11,20H,12-13H2,1-3H3. The van der Waals surface area contributed by atoms with Crippen molar-refractivity contribution >= 4 is 21.6 Å². The molecule has 7 heteroatoms. The van der Waals surface area contributed by atoms with Crippen molar-refractivity contribution in [1.82, 2.24) is 4.72 Å². The lowest BCUT2D eigenvalue weighted by molar-refractivity contribution is -0.117. The molecule has 1 N–H and O–H groups in total. The number of carbonyl (C=O) groups is 1. The lowest BCUT2D eigenvalue weighted by Crippen LogP contribution is -2.48. The third-order valence-corrected chi connectivity index (χ3v) is 5.54. The minimum Gasteiger partial charge on any atom is -0.484 e. The van der Waals surface area contributed by atoms with Crippen LogP contribution < -0.4 is 14.4 Å². The highest BCUT2D eigenvalue weighted by Gasteiger charge is 2.34. The van der Waals surface area contributed by atoms with E-state index in [-0.39, 0.29) is 17.3 Å². The summed E-state index contributed by atoms with van der Waals surface area (Å²) < 4.78 is 33.8. The third-order valence-electron chi connectivity index (χ3n) is 4.15. The number of ether oxygens (including phenoxy) is 1. The number of benzene rings is 2. The molecule has 2 aromatic carbocycles. The van der Waals surface area contributed by atoms with Crippen molar-refractivity contribution in [3.8, 4) is 5.75 Å². The first kappa shape index (κ1) is 18.4. The number of hydrogen-bond acceptors (Lipinski definition) is 4. The van der Waals surface area contributed by atoms with Gasteiger partial charge in [0.1, 0.15) is 11.4 Å². The van der Waals surface area contributed by atoms with E-state index in [1.165, 1.54) is 19.1 Å². The fourth-order valence-electron chi connectivity index (χ4n) is 2.90. The summed E-state index contributed by atoms with van der Waals surface area (Å²) in [5.74, 6) is 0.341. The van der Waals surface area contributed by atoms with Gasteiger partial charge in [0, 0.05) is 13.5 Å². The van der Waals surface area contributed by atoms with E-state index in [2.05, 4.69) is 4.72 Å². The van der Waals surface area contributed by atoms with Gasteiger partial charge in [0.25, 0.3) is 0 Å². The molecule has 0 unspecified atom stereocenters. The molecule has 1 aliphatic rings. The zero-order chi connectivity index (χ0) is 18.9. The van der Waals surface area contributed by atoms with E-state index in [9.17, 15) is 13.2 Å². The van der Waals surface area contributed by atoms with Crippen LogP contribution in [-0.4, -0.2) is 26.5 Å². The molecule has 0 radical (unpaired) electrons. The molecule has 6 nitrogen and oxygen atoms in total. The molecule has 1 heterocycles. The smallest absolute Gasteiger partial charge is 0.240 e. The van der Waals surface area contributed by atoms with Crippen LogP contribution in [0.15, 0.2) is 53.4 Å². The predicted molar refractivity (Wildman–Crippen MR) is 99.6 cm³/mol. The molecule has 1 aliphatic heterocycles. The Kier molecular flexibility index (Phi) is 4.77. The highest BCUT2D eigenvalue weighted by atomic mass is 32.2. The van der Waals surface area contributed by atoms with Crippen LogP contribution in [-0.2, 0) is 21.4 Å². The van der Waals surface area contributed by atoms with Gasteiger partial charge in [-0.15, -0.1) is 0 Å². The predicted octanol–water partition coefficient (Wildman–Crippen LogP) is 2.69. The lowest BCUT2D eigenvalue weighted by Gasteiger charge is -2.39. The van der Waals surface area contributed by atoms with Crippen molar-refractivity contribution in [3.05, 3.63) is 54.1 Å². The van der Waals surface area contributed by atoms with E-state index in [1.54, 1.807) is 11.0 Å². The molecule has 0 fully saturated rings. The Morgan fingerprint density at radius 2 is 1.88 bits per heavy atom. The normalized spacial score (nSPS) is 15.9. The first-order chi connectivity index (χ1) is 12.2. The van der Waals surface area contributed by atoms with E-state index in [0.717, 1.165) is 5.56 Å². The first-order valence-electron chi connectivity index (χ1n) is 8.33. The molecule has 0 bridgehead atoms. The van der Waals surface area contributed by atoms with Gasteiger partial charge < -0.3 is 9.64 Å². The molecular weight excluding hydrogens is 352 g/mol. The van der Waals surface area contributed by atoms with Gasteiger partial charge in [0.2, 0.25) is 15.9 Å². The fourth-order valence-corrected chi connectivity index (χ4v) is 3.93. The van der Waals surface area contributed by atoms with Gasteiger partial charge in [-0.3, -0.25) is 4.79 Å². The Hall–Kier alpha value is -2.38. The van der Waals surface area contributed by atoms with Crippen LogP contribution in [0.1, 0.15) is 26.3 Å². The molecule has 138 valence electrons. The molecule has 2 aromatic rings. The second-order valence-electron chi connectivity index (χ2n) is 6.91. The Morgan fingerprint density at radius 1 is 1.19 bits per heavy atom. The SMILES string of the molecule is CC(=O)N1CC(C)(C)Oc2ccc(S(=O)(=O)NCc3ccccc3)cc21. The maximum Gasteiger partial charge on any atom is 0.240 e. The van der Waals surface area contributed by atoms with Crippen LogP contribution >= 0.6 is 0 Å². The summed E-state index contributed by atoms with van der Waals surface area (Å²) in [6, 6.07) is 13.9. The van der Waals surface area contributed by atoms with Crippen molar-refractivity contribution in [2.75, 3.05) is 11.4 Å². The first-order valence-corrected chi connectivity index (χ1v) is 9.81. The van der Waals surface area contributed by atoms with E-state index in [0.29, 0.717) is 18.0 Å². The van der Waals surface area contributed by atoms with Gasteiger partial charge in [0.05, 0.1) is 17.1 Å². The van der Waals surface area contributed by atoms with E-state index < -0.39 is 15.6 Å². The molecule has 0 saturated carbocycles. The summed E-state index contributed by atoms with van der Waals surface area (Å²) in [4.78, 5) is 13.7. The summed E-state index contributed by atoms with van der Waals surface area (Å²) in [6.07, 6.45) is 0. The van der Waals surface area contributed by atoms with Crippen molar-refractivity contribution in [2.24, 2.45) is 0 Å². The molecule has 0 aliphatic carbocycles. The third kappa shape index (κ3) is 3.89. The van der Waals surface area contributed by atoms with Gasteiger partial charge in [-0.05, 0) is 37.6 Å². The Bertz CT molecular complexity index is 924. The summed E-state index contributed by atoms with van der Waals surface area (Å²) >= 11 is 0. The summed E-state index contributed by atoms with van der Waals surface area (Å²) in [6.45, 7) is 5.78. The van der Waals surface area contributed by atoms with Gasteiger partial charge in [0.15, 0.2) is 0 Å². The van der Waals surface area contributed by atoms with Crippen LogP contribution in [0, 0.1) is 0 Å². The Morgan fingerprint density at radius 3 is 2.54 bits per heavy atom. The van der Waals surface area contributed by atoms with Gasteiger partial charge in [-0.1, -0.05) is 30.3 Å². The number of nitrogens with zero attached hydrogens (tertiary/aromatic N) is 1. The lowest BCUT2D eigenvalue weighted by atomic mass is 10.1. The minimum absolute atomic E-state index is 0.0988. The van der Waals surface area contributed by atoms with Gasteiger partial charge in [-0.2, -0.15) is 0 Å². The van der Waals surface area contributed by atoms with Crippen LogP contribution in [0.2, 0.25) is 0 Å². The number of carbonyl (C=O) groups excluding carboxylic acids is 1. The number of sulfonamides is 1. The average Bonchev–Trinajstić information content (AvgIpc) is 2.59. The quantitative estimate of drug-likeness (QED) is 0.893. The number of nitrogens with one attached hydrogen (secondary N) is 1. The number of hydrogen-bond donors (Lipinski definition) is 1. The summed E-state index contributed by atoms with van der Waals surface area (Å²) in [5, 5.41) is 0. The Labute approximate surface area is 153 Å². The number of fused-ring (bicyclic) bond motifs is 1. The molecule has 3 rings (SSSR count). The van der Waals surface area contributed by atoms with Crippen LogP contribution in [0.25, 0.3) is 0 Å². The highest BCUT2D eigenvalue weighted by Crippen LogP contribution is 2.38. The zero-order valence-electron chi connectivity index (χ0n) is 15.0. The molecule has 26 heavy (non-hydrogen) atoms. The minimum atomic E-state index is -3.71. The second kappa shape index (κ2) is 6.74. The fraction of sp³-hybridized carbons (Fsp3) is 0.316. The van der Waals surface area contributed by atoms with Crippen LogP contribution in [0.3, 0.4) is 0 Å². The number of anilines is 1. The van der Waals surface area contributed by atoms with Crippen LogP contribution in [0.4, 0.5) is 5.69 Å². The van der Waals surface area contributed by atoms with Gasteiger partial charge >= 0.3 is 0 Å². The van der Waals surface area contributed by atoms with Crippen LogP contribution in [0.5, 0.6) is 5.75 Å².